The number of carboxylic acids is 2. The van der Waals surface area contributed by atoms with Gasteiger partial charge in [0.2, 0.25) is 0 Å². The fraction of sp³-hybridized carbons (Fsp3) is 0.886. The number of aliphatic hydroxyl groups excluding tert-OH is 1. The molecule has 0 amide bonds. The molecule has 3 atom stereocenters. The Labute approximate surface area is 275 Å². The van der Waals surface area contributed by atoms with E-state index in [1.807, 2.05) is 0 Å². The lowest BCUT2D eigenvalue weighted by atomic mass is 9.85. The summed E-state index contributed by atoms with van der Waals surface area (Å²) in [6, 6.07) is 4.76. The average Bonchev–Trinajstić information content (AvgIpc) is 2.98. The summed E-state index contributed by atoms with van der Waals surface area (Å²) in [5, 5.41) is 31.8. The van der Waals surface area contributed by atoms with Crippen molar-refractivity contribution in [2.45, 2.75) is 184 Å². The van der Waals surface area contributed by atoms with E-state index in [4.69, 9.17) is 20.1 Å². The van der Waals surface area contributed by atoms with Crippen LogP contribution in [-0.2, 0) is 23.9 Å². The molecule has 0 radical (unpaired) electrons. The smallest absolute Gasteiger partial charge is 0.310 e. The summed E-state index contributed by atoms with van der Waals surface area (Å²) in [7, 11) is 2.31. The third kappa shape index (κ3) is 15.3. The van der Waals surface area contributed by atoms with E-state index >= 15 is 0 Å². The zero-order valence-corrected chi connectivity index (χ0v) is 28.1. The number of hydrogen-bond acceptors (Lipinski definition) is 9. The lowest BCUT2D eigenvalue weighted by Gasteiger charge is -2.43. The highest BCUT2D eigenvalue weighted by atomic mass is 16.6. The van der Waals surface area contributed by atoms with Crippen molar-refractivity contribution in [1.29, 1.82) is 0 Å². The van der Waals surface area contributed by atoms with Gasteiger partial charge in [-0.3, -0.25) is 19.2 Å². The summed E-state index contributed by atoms with van der Waals surface area (Å²) in [6.07, 6.45) is 24.0. The Morgan fingerprint density at radius 2 is 1.07 bits per heavy atom. The van der Waals surface area contributed by atoms with Crippen molar-refractivity contribution < 1.29 is 39.2 Å². The lowest BCUT2D eigenvalue weighted by molar-refractivity contribution is -0.143. The molecule has 0 aromatic carbocycles. The van der Waals surface area contributed by atoms with Crippen LogP contribution < -0.4 is 10.6 Å². The molecule has 11 nitrogen and oxygen atoms in total. The largest absolute Gasteiger partial charge is 0.481 e. The van der Waals surface area contributed by atoms with Crippen LogP contribution in [0.15, 0.2) is 0 Å². The number of nitrogens with one attached hydrogen (secondary N) is 2. The molecule has 3 unspecified atom stereocenters. The molecular weight excluding hydrogens is 590 g/mol. The van der Waals surface area contributed by atoms with E-state index in [0.717, 1.165) is 62.9 Å². The van der Waals surface area contributed by atoms with E-state index in [1.165, 1.54) is 96.3 Å². The van der Waals surface area contributed by atoms with Crippen LogP contribution in [0.4, 0.5) is 0 Å². The molecular formula is C35H61N3O8. The second kappa shape index (κ2) is 21.1. The average molecular weight is 652 g/mol. The Hall–Kier alpha value is -1.92. The normalized spacial score (nSPS) is 33.0. The number of aliphatic hydroxyl groups is 1. The first-order chi connectivity index (χ1) is 22.1. The summed E-state index contributed by atoms with van der Waals surface area (Å²) in [4.78, 5) is 43.5. The maximum absolute atomic E-state index is 11.0. The van der Waals surface area contributed by atoms with Gasteiger partial charge in [0, 0.05) is 55.7 Å². The van der Waals surface area contributed by atoms with Crippen molar-refractivity contribution >= 4 is 23.5 Å². The molecule has 46 heavy (non-hydrogen) atoms. The van der Waals surface area contributed by atoms with Crippen LogP contribution in [0, 0.1) is 0 Å². The first-order valence-electron chi connectivity index (χ1n) is 18.1. The minimum atomic E-state index is -1.30. The molecule has 0 aliphatic carbocycles. The van der Waals surface area contributed by atoms with E-state index in [0.29, 0.717) is 17.9 Å². The maximum Gasteiger partial charge on any atom is 0.310 e. The number of aliphatic carboxylic acids is 2. The third-order valence-corrected chi connectivity index (χ3v) is 10.4. The summed E-state index contributed by atoms with van der Waals surface area (Å²) in [5.41, 5.74) is 0. The van der Waals surface area contributed by atoms with Gasteiger partial charge in [-0.2, -0.15) is 0 Å². The highest BCUT2D eigenvalue weighted by molar-refractivity contribution is 6.02. The Kier molecular flexibility index (Phi) is 17.7. The van der Waals surface area contributed by atoms with E-state index in [9.17, 15) is 19.2 Å². The molecule has 264 valence electrons. The topological polar surface area (TPSA) is 166 Å². The summed E-state index contributed by atoms with van der Waals surface area (Å²) in [5.74, 6) is -2.93. The van der Waals surface area contributed by atoms with Crippen molar-refractivity contribution in [3.63, 3.8) is 0 Å². The van der Waals surface area contributed by atoms with Crippen molar-refractivity contribution in [2.24, 2.45) is 0 Å². The molecule has 7 heterocycles. The van der Waals surface area contributed by atoms with Gasteiger partial charge in [-0.15, -0.1) is 0 Å². The number of carbonyl (C=O) groups excluding carboxylic acids is 2. The first-order valence-corrected chi connectivity index (χ1v) is 18.1. The Balaban J connectivity index is 0.000000157. The fourth-order valence-corrected chi connectivity index (χ4v) is 7.95. The molecule has 6 bridgehead atoms. The van der Waals surface area contributed by atoms with E-state index in [2.05, 4.69) is 22.6 Å². The lowest BCUT2D eigenvalue weighted by Crippen LogP contribution is -2.48. The van der Waals surface area contributed by atoms with Gasteiger partial charge in [-0.05, 0) is 90.5 Å². The van der Waals surface area contributed by atoms with Gasteiger partial charge in [0.05, 0.1) is 0 Å². The van der Waals surface area contributed by atoms with Crippen molar-refractivity contribution in [3.05, 3.63) is 0 Å². The van der Waals surface area contributed by atoms with E-state index < -0.39 is 36.9 Å². The highest BCUT2D eigenvalue weighted by Crippen LogP contribution is 2.32. The zero-order chi connectivity index (χ0) is 33.3. The van der Waals surface area contributed by atoms with Crippen LogP contribution in [0.3, 0.4) is 0 Å². The summed E-state index contributed by atoms with van der Waals surface area (Å²) >= 11 is 0. The molecule has 5 N–H and O–H groups in total. The molecule has 0 saturated carbocycles. The molecule has 7 aliphatic heterocycles. The number of carbonyl (C=O) groups is 4. The van der Waals surface area contributed by atoms with Crippen molar-refractivity contribution in [3.8, 4) is 0 Å². The Bertz CT molecular complexity index is 869. The second-order valence-corrected chi connectivity index (χ2v) is 14.2. The fourth-order valence-electron chi connectivity index (χ4n) is 7.95. The number of piperidine rings is 6. The minimum absolute atomic E-state index is 0.464. The number of rotatable bonds is 4. The van der Waals surface area contributed by atoms with Crippen LogP contribution in [-0.4, -0.2) is 99.9 Å². The van der Waals surface area contributed by atoms with Crippen molar-refractivity contribution in [2.75, 3.05) is 13.7 Å². The zero-order valence-electron chi connectivity index (χ0n) is 28.1. The van der Waals surface area contributed by atoms with Crippen molar-refractivity contribution in [1.82, 2.24) is 15.5 Å². The van der Waals surface area contributed by atoms with Gasteiger partial charge < -0.3 is 35.6 Å². The monoisotopic (exact) mass is 651 g/mol. The van der Waals surface area contributed by atoms with Crippen LogP contribution in [0.25, 0.3) is 0 Å². The van der Waals surface area contributed by atoms with Gasteiger partial charge in [0.25, 0.3) is 0 Å². The van der Waals surface area contributed by atoms with Gasteiger partial charge in [0.15, 0.2) is 12.1 Å². The summed E-state index contributed by atoms with van der Waals surface area (Å²) < 4.78 is 4.83. The predicted molar refractivity (Wildman–Crippen MR) is 176 cm³/mol. The highest BCUT2D eigenvalue weighted by Gasteiger charge is 2.31. The first kappa shape index (κ1) is 38.5. The molecule has 0 aromatic rings. The number of ether oxygens (including phenoxy) is 1. The number of hydrogen-bond donors (Lipinski definition) is 5. The molecule has 7 rings (SSSR count). The number of nitrogens with zero attached hydrogens (tertiary/aromatic N) is 1. The van der Waals surface area contributed by atoms with Crippen LogP contribution >= 0.6 is 0 Å². The predicted octanol–water partition coefficient (Wildman–Crippen LogP) is 4.57. The van der Waals surface area contributed by atoms with Gasteiger partial charge in [-0.1, -0.05) is 32.1 Å². The van der Waals surface area contributed by atoms with Gasteiger partial charge in [-0.25, -0.2) is 0 Å². The van der Waals surface area contributed by atoms with Gasteiger partial charge in [0.1, 0.15) is 18.6 Å². The number of carboxylic acid groups (broad SMARTS) is 2. The second-order valence-electron chi connectivity index (χ2n) is 14.2. The number of ketones is 2. The van der Waals surface area contributed by atoms with Gasteiger partial charge >= 0.3 is 11.9 Å². The van der Waals surface area contributed by atoms with E-state index in [1.54, 1.807) is 0 Å². The Morgan fingerprint density at radius 1 is 0.652 bits per heavy atom. The summed E-state index contributed by atoms with van der Waals surface area (Å²) in [6.45, 7) is 0.737. The van der Waals surface area contributed by atoms with Crippen LogP contribution in [0.1, 0.15) is 141 Å². The Morgan fingerprint density at radius 3 is 1.39 bits per heavy atom. The quantitative estimate of drug-likeness (QED) is 0.270. The SMILES string of the molecule is C1CC2CCCC(C1)N2.CN1C2CCCC1CCC2.O=C(O)CC(=O)CC(=O)O.O=C1CC2CCCC(C1)N2.OC1CCCCO1. The molecule has 0 aromatic heterocycles. The minimum Gasteiger partial charge on any atom is -0.481 e. The van der Waals surface area contributed by atoms with Crippen LogP contribution in [0.5, 0.6) is 0 Å². The molecule has 7 saturated heterocycles. The maximum atomic E-state index is 11.0. The molecule has 7 fully saturated rings. The standard InChI is InChI=1S/C9H17N.C8H13NO.C8H15N.C5H6O5.C5H10O2/c1-10-8-4-2-5-9(10)7-3-6-8;10-8-4-6-2-1-3-7(5-8)9-6;1-3-7-5-2-6-8(4-1)9-7;6-3(1-4(7)8)2-5(9)10;6-5-3-1-2-4-7-5/h8-9H,2-7H2,1H3;6-7,9H,1-5H2;7-9H,1-6H2;1-2H2,(H,7,8)(H,9,10);5-6H,1-4H2. The molecule has 11 heteroatoms. The van der Waals surface area contributed by atoms with Crippen LogP contribution in [0.2, 0.25) is 0 Å². The van der Waals surface area contributed by atoms with E-state index in [-0.39, 0.29) is 0 Å². The third-order valence-electron chi connectivity index (χ3n) is 10.4. The number of Topliss-reactive ketones (excluding diaryl/α,β-unsaturated/α-hetero) is 2. The molecule has 0 spiro atoms. The molecule has 7 aliphatic rings. The number of fused-ring (bicyclic) bond motifs is 6.